The summed E-state index contributed by atoms with van der Waals surface area (Å²) >= 11 is 12.2. The molecular formula is C38H45Cl2N5O4. The Morgan fingerprint density at radius 3 is 2.10 bits per heavy atom. The van der Waals surface area contributed by atoms with Gasteiger partial charge in [-0.3, -0.25) is 9.59 Å². The van der Waals surface area contributed by atoms with Gasteiger partial charge in [0, 0.05) is 78.4 Å². The van der Waals surface area contributed by atoms with Gasteiger partial charge < -0.3 is 29.5 Å². The SMILES string of the molecule is O=C(CC1CCN(c2ccc(Cl)cc2)C1)NC(CN1CCCC1)C(OC(=O)C1CCN(c2ccc(Cl)cc2)C1)c1ccc(OC2CC2)nc1. The van der Waals surface area contributed by atoms with Crippen molar-refractivity contribution in [3.05, 3.63) is 82.5 Å². The first-order valence-corrected chi connectivity index (χ1v) is 18.5. The van der Waals surface area contributed by atoms with Crippen molar-refractivity contribution >= 4 is 46.5 Å². The molecule has 1 aliphatic carbocycles. The number of aromatic nitrogens is 1. The normalized spacial score (nSPS) is 22.2. The minimum atomic E-state index is -0.696. The maximum atomic E-state index is 13.9. The molecule has 0 bridgehead atoms. The molecule has 3 saturated heterocycles. The molecule has 2 aromatic carbocycles. The predicted octanol–water partition coefficient (Wildman–Crippen LogP) is 6.54. The molecule has 4 aliphatic rings. The molecule has 1 N–H and O–H groups in total. The number of ether oxygens (including phenoxy) is 2. The third-order valence-electron chi connectivity index (χ3n) is 10.2. The highest BCUT2D eigenvalue weighted by atomic mass is 35.5. The van der Waals surface area contributed by atoms with Crippen molar-refractivity contribution in [2.24, 2.45) is 11.8 Å². The van der Waals surface area contributed by atoms with Crippen molar-refractivity contribution in [2.45, 2.75) is 63.2 Å². The van der Waals surface area contributed by atoms with Gasteiger partial charge in [0.1, 0.15) is 12.2 Å². The Bertz CT molecular complexity index is 1560. The lowest BCUT2D eigenvalue weighted by Crippen LogP contribution is -2.48. The molecule has 4 heterocycles. The molecule has 49 heavy (non-hydrogen) atoms. The maximum absolute atomic E-state index is 13.9. The highest BCUT2D eigenvalue weighted by Crippen LogP contribution is 2.32. The average molecular weight is 707 g/mol. The van der Waals surface area contributed by atoms with E-state index in [9.17, 15) is 9.59 Å². The van der Waals surface area contributed by atoms with E-state index in [1.807, 2.05) is 60.7 Å². The van der Waals surface area contributed by atoms with Crippen LogP contribution in [-0.4, -0.2) is 79.7 Å². The van der Waals surface area contributed by atoms with Gasteiger partial charge in [-0.2, -0.15) is 0 Å². The standard InChI is InChI=1S/C38H45Cl2N5O4/c39-29-4-8-31(9-5-29)44-19-15-26(23-44)21-35(46)42-34(25-43-17-1-2-18-43)37(27-3-14-36(41-22-27)48-33-12-13-33)49-38(47)28-16-20-45(24-28)32-10-6-30(40)7-11-32/h3-11,14,22,26,28,33-34,37H,1-2,12-13,15-21,23-25H2,(H,42,46). The quantitative estimate of drug-likeness (QED) is 0.201. The second-order valence-electron chi connectivity index (χ2n) is 14.0. The molecule has 3 aliphatic heterocycles. The van der Waals surface area contributed by atoms with Gasteiger partial charge >= 0.3 is 5.97 Å². The van der Waals surface area contributed by atoms with Gasteiger partial charge in [0.05, 0.1) is 12.0 Å². The molecule has 11 heteroatoms. The van der Waals surface area contributed by atoms with E-state index >= 15 is 0 Å². The first-order valence-electron chi connectivity index (χ1n) is 17.7. The van der Waals surface area contributed by atoms with Gasteiger partial charge in [0.15, 0.2) is 0 Å². The predicted molar refractivity (Wildman–Crippen MR) is 192 cm³/mol. The molecule has 0 spiro atoms. The van der Waals surface area contributed by atoms with E-state index in [1.165, 1.54) is 0 Å². The number of likely N-dealkylation sites (tertiary alicyclic amines) is 1. The number of carbonyl (C=O) groups excluding carboxylic acids is 2. The van der Waals surface area contributed by atoms with Crippen LogP contribution in [0.5, 0.6) is 5.88 Å². The van der Waals surface area contributed by atoms with Crippen LogP contribution in [0.4, 0.5) is 11.4 Å². The van der Waals surface area contributed by atoms with Crippen molar-refractivity contribution in [1.82, 2.24) is 15.2 Å². The lowest BCUT2D eigenvalue weighted by molar-refractivity contribution is -0.156. The topological polar surface area (TPSA) is 87.2 Å². The number of amides is 1. The van der Waals surface area contributed by atoms with E-state index in [0.29, 0.717) is 41.9 Å². The Labute approximate surface area is 298 Å². The summed E-state index contributed by atoms with van der Waals surface area (Å²) < 4.78 is 12.4. The van der Waals surface area contributed by atoms with Crippen molar-refractivity contribution in [2.75, 3.05) is 55.6 Å². The number of nitrogens with zero attached hydrogens (tertiary/aromatic N) is 4. The molecule has 1 saturated carbocycles. The zero-order valence-corrected chi connectivity index (χ0v) is 29.3. The van der Waals surface area contributed by atoms with Crippen molar-refractivity contribution in [3.8, 4) is 5.88 Å². The number of nitrogens with one attached hydrogen (secondary N) is 1. The van der Waals surface area contributed by atoms with Crippen LogP contribution in [0.2, 0.25) is 10.0 Å². The van der Waals surface area contributed by atoms with E-state index < -0.39 is 12.1 Å². The molecule has 4 unspecified atom stereocenters. The fraction of sp³-hybridized carbons (Fsp3) is 0.500. The number of anilines is 2. The van der Waals surface area contributed by atoms with Crippen molar-refractivity contribution in [3.63, 3.8) is 0 Å². The van der Waals surface area contributed by atoms with Crippen LogP contribution in [0.3, 0.4) is 0 Å². The van der Waals surface area contributed by atoms with Crippen LogP contribution < -0.4 is 19.9 Å². The van der Waals surface area contributed by atoms with Gasteiger partial charge in [-0.25, -0.2) is 4.98 Å². The Balaban J connectivity index is 1.07. The molecular weight excluding hydrogens is 661 g/mol. The molecule has 7 rings (SSSR count). The van der Waals surface area contributed by atoms with Gasteiger partial charge in [-0.05, 0) is 112 Å². The second-order valence-corrected chi connectivity index (χ2v) is 14.8. The van der Waals surface area contributed by atoms with Crippen LogP contribution in [-0.2, 0) is 14.3 Å². The van der Waals surface area contributed by atoms with Crippen LogP contribution in [0.1, 0.15) is 56.6 Å². The van der Waals surface area contributed by atoms with Gasteiger partial charge in [-0.1, -0.05) is 23.2 Å². The first-order chi connectivity index (χ1) is 23.9. The van der Waals surface area contributed by atoms with Crippen molar-refractivity contribution < 1.29 is 19.1 Å². The fourth-order valence-electron chi connectivity index (χ4n) is 7.30. The largest absolute Gasteiger partial charge is 0.474 e. The van der Waals surface area contributed by atoms with Crippen LogP contribution in [0.25, 0.3) is 0 Å². The van der Waals surface area contributed by atoms with Gasteiger partial charge in [0.2, 0.25) is 11.8 Å². The third-order valence-corrected chi connectivity index (χ3v) is 10.7. The van der Waals surface area contributed by atoms with E-state index in [0.717, 1.165) is 81.8 Å². The smallest absolute Gasteiger partial charge is 0.311 e. The molecule has 1 aromatic heterocycles. The zero-order chi connectivity index (χ0) is 33.7. The molecule has 4 fully saturated rings. The molecule has 3 aromatic rings. The van der Waals surface area contributed by atoms with Gasteiger partial charge in [0.25, 0.3) is 0 Å². The molecule has 1 amide bonds. The number of halogens is 2. The molecule has 260 valence electrons. The number of pyridine rings is 1. The van der Waals surface area contributed by atoms with E-state index in [-0.39, 0.29) is 29.8 Å². The van der Waals surface area contributed by atoms with E-state index in [4.69, 9.17) is 32.7 Å². The summed E-state index contributed by atoms with van der Waals surface area (Å²) in [5.74, 6) is 0.225. The Morgan fingerprint density at radius 1 is 0.816 bits per heavy atom. The fourth-order valence-corrected chi connectivity index (χ4v) is 7.56. The highest BCUT2D eigenvalue weighted by Gasteiger charge is 2.37. The summed E-state index contributed by atoms with van der Waals surface area (Å²) in [6.07, 6.45) is 7.63. The maximum Gasteiger partial charge on any atom is 0.311 e. The monoisotopic (exact) mass is 705 g/mol. The number of rotatable bonds is 13. The molecule has 4 atom stereocenters. The number of benzene rings is 2. The number of carbonyl (C=O) groups is 2. The minimum Gasteiger partial charge on any atom is -0.474 e. The van der Waals surface area contributed by atoms with E-state index in [2.05, 4.69) is 25.0 Å². The summed E-state index contributed by atoms with van der Waals surface area (Å²) in [6, 6.07) is 18.9. The first kappa shape index (κ1) is 33.9. The highest BCUT2D eigenvalue weighted by molar-refractivity contribution is 6.30. The second kappa shape index (κ2) is 15.6. The van der Waals surface area contributed by atoms with Gasteiger partial charge in [-0.15, -0.1) is 0 Å². The summed E-state index contributed by atoms with van der Waals surface area (Å²) in [6.45, 7) is 5.52. The lowest BCUT2D eigenvalue weighted by Gasteiger charge is -2.32. The summed E-state index contributed by atoms with van der Waals surface area (Å²) in [5, 5.41) is 4.74. The molecule has 0 radical (unpaired) electrons. The Kier molecular flexibility index (Phi) is 10.8. The lowest BCUT2D eigenvalue weighted by atomic mass is 10.00. The van der Waals surface area contributed by atoms with Crippen LogP contribution >= 0.6 is 23.2 Å². The summed E-state index contributed by atoms with van der Waals surface area (Å²) in [5.41, 5.74) is 2.91. The summed E-state index contributed by atoms with van der Waals surface area (Å²) in [4.78, 5) is 39.2. The Morgan fingerprint density at radius 2 is 1.47 bits per heavy atom. The minimum absolute atomic E-state index is 0.0235. The zero-order valence-electron chi connectivity index (χ0n) is 27.8. The van der Waals surface area contributed by atoms with E-state index in [1.54, 1.807) is 6.20 Å². The van der Waals surface area contributed by atoms with Crippen LogP contribution in [0.15, 0.2) is 66.9 Å². The average Bonchev–Trinajstić information content (AvgIpc) is 3.47. The number of hydrogen-bond acceptors (Lipinski definition) is 8. The van der Waals surface area contributed by atoms with Crippen molar-refractivity contribution in [1.29, 1.82) is 0 Å². The third kappa shape index (κ3) is 8.99. The number of esters is 1. The van der Waals surface area contributed by atoms with Crippen LogP contribution in [0, 0.1) is 11.8 Å². The molecule has 9 nitrogen and oxygen atoms in total. The Hall–Kier alpha value is -3.53. The summed E-state index contributed by atoms with van der Waals surface area (Å²) in [7, 11) is 0. The number of hydrogen-bond donors (Lipinski definition) is 1.